The highest BCUT2D eigenvalue weighted by atomic mass is 19.1. The maximum Gasteiger partial charge on any atom is 0.303 e. The molecule has 0 aliphatic carbocycles. The van der Waals surface area contributed by atoms with Gasteiger partial charge in [0.2, 0.25) is 5.91 Å². The average molecular weight is 295 g/mol. The normalized spacial score (nSPS) is 12.8. The van der Waals surface area contributed by atoms with Gasteiger partial charge < -0.3 is 10.4 Å². The molecule has 0 heterocycles. The minimum absolute atomic E-state index is 0.0147. The summed E-state index contributed by atoms with van der Waals surface area (Å²) in [7, 11) is 0. The second-order valence-corrected chi connectivity index (χ2v) is 5.98. The summed E-state index contributed by atoms with van der Waals surface area (Å²) in [5.41, 5.74) is 0.340. The Balaban J connectivity index is 2.52. The zero-order valence-electron chi connectivity index (χ0n) is 12.6. The van der Waals surface area contributed by atoms with Gasteiger partial charge in [0, 0.05) is 18.4 Å². The van der Waals surface area contributed by atoms with Crippen molar-refractivity contribution in [2.45, 2.75) is 51.5 Å². The maximum absolute atomic E-state index is 12.9. The highest BCUT2D eigenvalue weighted by Gasteiger charge is 2.22. The fourth-order valence-electron chi connectivity index (χ4n) is 2.10. The number of carboxylic acid groups (broad SMARTS) is 1. The molecule has 0 spiro atoms. The first kappa shape index (κ1) is 17.1. The summed E-state index contributed by atoms with van der Waals surface area (Å²) in [6.45, 7) is 5.50. The Labute approximate surface area is 124 Å². The van der Waals surface area contributed by atoms with Crippen LogP contribution in [0.4, 0.5) is 4.39 Å². The van der Waals surface area contributed by atoms with E-state index in [0.29, 0.717) is 6.42 Å². The average Bonchev–Trinajstić information content (AvgIpc) is 2.36. The summed E-state index contributed by atoms with van der Waals surface area (Å²) in [4.78, 5) is 22.6. The first-order chi connectivity index (χ1) is 9.69. The van der Waals surface area contributed by atoms with Crippen LogP contribution in [0, 0.1) is 5.82 Å². The molecule has 21 heavy (non-hydrogen) atoms. The first-order valence-electron chi connectivity index (χ1n) is 6.98. The van der Waals surface area contributed by atoms with Crippen molar-refractivity contribution >= 4 is 11.9 Å². The molecule has 0 aliphatic heterocycles. The number of rotatable bonds is 7. The number of halogens is 1. The van der Waals surface area contributed by atoms with Crippen LogP contribution in [-0.2, 0) is 9.59 Å². The van der Waals surface area contributed by atoms with Gasteiger partial charge in [-0.15, -0.1) is 0 Å². The molecule has 1 unspecified atom stereocenters. The van der Waals surface area contributed by atoms with Gasteiger partial charge in [0.1, 0.15) is 5.82 Å². The zero-order valence-corrected chi connectivity index (χ0v) is 12.6. The third-order valence-electron chi connectivity index (χ3n) is 3.37. The van der Waals surface area contributed by atoms with Crippen LogP contribution in [0.5, 0.6) is 0 Å². The Morgan fingerprint density at radius 3 is 2.38 bits per heavy atom. The van der Waals surface area contributed by atoms with Crippen LogP contribution in [-0.4, -0.2) is 22.5 Å². The van der Waals surface area contributed by atoms with Crippen molar-refractivity contribution in [1.29, 1.82) is 0 Å². The largest absolute Gasteiger partial charge is 0.481 e. The molecule has 0 bridgehead atoms. The highest BCUT2D eigenvalue weighted by molar-refractivity contribution is 5.77. The summed E-state index contributed by atoms with van der Waals surface area (Å²) in [5, 5.41) is 11.5. The summed E-state index contributed by atoms with van der Waals surface area (Å²) in [6.07, 6.45) is 0.669. The molecule has 1 aromatic carbocycles. The van der Waals surface area contributed by atoms with Crippen molar-refractivity contribution in [2.75, 3.05) is 0 Å². The van der Waals surface area contributed by atoms with E-state index in [2.05, 4.69) is 5.32 Å². The molecular formula is C16H22FNO3. The van der Waals surface area contributed by atoms with Crippen LogP contribution in [0.1, 0.15) is 51.5 Å². The van der Waals surface area contributed by atoms with Crippen LogP contribution in [0.15, 0.2) is 24.3 Å². The fourth-order valence-corrected chi connectivity index (χ4v) is 2.10. The second kappa shape index (κ2) is 7.20. The van der Waals surface area contributed by atoms with E-state index >= 15 is 0 Å². The van der Waals surface area contributed by atoms with Gasteiger partial charge >= 0.3 is 5.97 Å². The van der Waals surface area contributed by atoms with E-state index in [1.54, 1.807) is 26.0 Å². The van der Waals surface area contributed by atoms with Gasteiger partial charge in [-0.1, -0.05) is 19.1 Å². The van der Waals surface area contributed by atoms with Crippen molar-refractivity contribution in [3.05, 3.63) is 35.6 Å². The number of carbonyl (C=O) groups excluding carboxylic acids is 1. The lowest BCUT2D eigenvalue weighted by molar-refractivity contribution is -0.137. The molecule has 4 nitrogen and oxygen atoms in total. The summed E-state index contributed by atoms with van der Waals surface area (Å²) in [5.74, 6) is -1.34. The molecule has 1 aromatic rings. The van der Waals surface area contributed by atoms with E-state index in [9.17, 15) is 14.0 Å². The number of carboxylic acids is 1. The Morgan fingerprint density at radius 2 is 1.86 bits per heavy atom. The van der Waals surface area contributed by atoms with Gasteiger partial charge in [-0.2, -0.15) is 0 Å². The zero-order chi connectivity index (χ0) is 16.0. The van der Waals surface area contributed by atoms with Gasteiger partial charge in [-0.25, -0.2) is 4.39 Å². The molecule has 0 fully saturated rings. The van der Waals surface area contributed by atoms with Gasteiger partial charge in [0.25, 0.3) is 0 Å². The van der Waals surface area contributed by atoms with Crippen LogP contribution >= 0.6 is 0 Å². The Hall–Kier alpha value is -1.91. The third-order valence-corrected chi connectivity index (χ3v) is 3.37. The third kappa shape index (κ3) is 6.38. The number of hydrogen-bond acceptors (Lipinski definition) is 2. The van der Waals surface area contributed by atoms with Crippen molar-refractivity contribution in [3.63, 3.8) is 0 Å². The lowest BCUT2D eigenvalue weighted by atomic mass is 9.95. The molecule has 0 radical (unpaired) electrons. The minimum Gasteiger partial charge on any atom is -0.481 e. The molecule has 1 rings (SSSR count). The Morgan fingerprint density at radius 1 is 1.29 bits per heavy atom. The van der Waals surface area contributed by atoms with E-state index < -0.39 is 11.5 Å². The molecule has 2 N–H and O–H groups in total. The van der Waals surface area contributed by atoms with Crippen LogP contribution in [0.25, 0.3) is 0 Å². The lowest BCUT2D eigenvalue weighted by Crippen LogP contribution is -2.44. The van der Waals surface area contributed by atoms with E-state index in [4.69, 9.17) is 5.11 Å². The molecule has 1 amide bonds. The van der Waals surface area contributed by atoms with Crippen LogP contribution in [0.2, 0.25) is 0 Å². The summed E-state index contributed by atoms with van der Waals surface area (Å²) >= 11 is 0. The second-order valence-electron chi connectivity index (χ2n) is 5.98. The number of amides is 1. The van der Waals surface area contributed by atoms with Gasteiger partial charge in [-0.05, 0) is 43.9 Å². The van der Waals surface area contributed by atoms with Crippen LogP contribution < -0.4 is 5.32 Å². The molecule has 0 aliphatic rings. The molecule has 0 aromatic heterocycles. The number of nitrogens with one attached hydrogen (secondary N) is 1. The van der Waals surface area contributed by atoms with Crippen molar-refractivity contribution in [1.82, 2.24) is 5.32 Å². The number of benzene rings is 1. The molecular weight excluding hydrogens is 273 g/mol. The predicted molar refractivity (Wildman–Crippen MR) is 78.5 cm³/mol. The smallest absolute Gasteiger partial charge is 0.303 e. The van der Waals surface area contributed by atoms with Crippen molar-refractivity contribution in [3.8, 4) is 0 Å². The fraction of sp³-hybridized carbons (Fsp3) is 0.500. The number of carbonyl (C=O) groups is 2. The van der Waals surface area contributed by atoms with Gasteiger partial charge in [-0.3, -0.25) is 9.59 Å². The maximum atomic E-state index is 12.9. The van der Waals surface area contributed by atoms with Crippen molar-refractivity contribution < 1.29 is 19.1 Å². The van der Waals surface area contributed by atoms with E-state index in [1.807, 2.05) is 6.92 Å². The first-order valence-corrected chi connectivity index (χ1v) is 6.98. The quantitative estimate of drug-likeness (QED) is 0.812. The monoisotopic (exact) mass is 295 g/mol. The molecule has 116 valence electrons. The lowest BCUT2D eigenvalue weighted by Gasteiger charge is -2.26. The molecule has 0 saturated carbocycles. The Kier molecular flexibility index (Phi) is 5.88. The molecule has 0 saturated heterocycles. The van der Waals surface area contributed by atoms with Gasteiger partial charge in [0.05, 0.1) is 0 Å². The Bertz CT molecular complexity index is 497. The SMILES string of the molecule is CC(CC(=O)NC(C)(C)CCC(=O)O)c1ccc(F)cc1. The van der Waals surface area contributed by atoms with E-state index in [-0.39, 0.29) is 30.5 Å². The standard InChI is InChI=1S/C16H22FNO3/c1-11(12-4-6-13(17)7-5-12)10-14(19)18-16(2,3)9-8-15(20)21/h4-7,11H,8-10H2,1-3H3,(H,18,19)(H,20,21). The topological polar surface area (TPSA) is 66.4 Å². The van der Waals surface area contributed by atoms with E-state index in [0.717, 1.165) is 5.56 Å². The van der Waals surface area contributed by atoms with E-state index in [1.165, 1.54) is 12.1 Å². The highest BCUT2D eigenvalue weighted by Crippen LogP contribution is 2.20. The number of aliphatic carboxylic acids is 1. The number of hydrogen-bond donors (Lipinski definition) is 2. The predicted octanol–water partition coefficient (Wildman–Crippen LogP) is 3.08. The minimum atomic E-state index is -0.878. The van der Waals surface area contributed by atoms with Crippen molar-refractivity contribution in [2.24, 2.45) is 0 Å². The van der Waals surface area contributed by atoms with Gasteiger partial charge in [0.15, 0.2) is 0 Å². The summed E-state index contributed by atoms with van der Waals surface area (Å²) < 4.78 is 12.9. The molecule has 1 atom stereocenters. The molecule has 5 heteroatoms. The summed E-state index contributed by atoms with van der Waals surface area (Å²) in [6, 6.07) is 6.09. The van der Waals surface area contributed by atoms with Crippen LogP contribution in [0.3, 0.4) is 0 Å².